The first-order valence-corrected chi connectivity index (χ1v) is 9.77. The summed E-state index contributed by atoms with van der Waals surface area (Å²) in [6.45, 7) is 10.7. The Morgan fingerprint density at radius 3 is 2.20 bits per heavy atom. The van der Waals surface area contributed by atoms with Gasteiger partial charge in [-0.3, -0.25) is 5.10 Å². The van der Waals surface area contributed by atoms with Gasteiger partial charge in [-0.1, -0.05) is 58.2 Å². The Morgan fingerprint density at radius 1 is 1.12 bits per heavy atom. The molecule has 0 saturated heterocycles. The molecule has 0 aliphatic heterocycles. The van der Waals surface area contributed by atoms with Gasteiger partial charge in [0, 0.05) is 10.7 Å². The summed E-state index contributed by atoms with van der Waals surface area (Å²) >= 11 is 5.74. The average Bonchev–Trinajstić information content (AvgIpc) is 3.01. The third kappa shape index (κ3) is 6.81. The maximum atomic E-state index is 13.7. The molecule has 4 heteroatoms. The summed E-state index contributed by atoms with van der Waals surface area (Å²) in [7, 11) is 0. The van der Waals surface area contributed by atoms with Crippen LogP contribution in [0.15, 0.2) is 24.4 Å². The minimum absolute atomic E-state index is 0.158. The minimum atomic E-state index is -0.158. The summed E-state index contributed by atoms with van der Waals surface area (Å²) < 4.78 is 13.7. The van der Waals surface area contributed by atoms with Gasteiger partial charge in [-0.2, -0.15) is 5.10 Å². The second-order valence-corrected chi connectivity index (χ2v) is 7.14. The molecule has 0 saturated carbocycles. The van der Waals surface area contributed by atoms with E-state index in [0.717, 1.165) is 31.2 Å². The van der Waals surface area contributed by atoms with E-state index in [0.29, 0.717) is 16.9 Å². The largest absolute Gasteiger partial charge is 0.283 e. The van der Waals surface area contributed by atoms with E-state index in [-0.39, 0.29) is 5.82 Å². The lowest BCUT2D eigenvalue weighted by molar-refractivity contribution is 0.519. The summed E-state index contributed by atoms with van der Waals surface area (Å²) in [6, 6.07) is 5.02. The number of nitrogens with one attached hydrogen (secondary N) is 1. The third-order valence-electron chi connectivity index (χ3n) is 4.69. The van der Waals surface area contributed by atoms with Gasteiger partial charge in [-0.25, -0.2) is 4.39 Å². The number of rotatable bonds is 7. The maximum Gasteiger partial charge on any atom is 0.128 e. The lowest BCUT2D eigenvalue weighted by Gasteiger charge is -2.16. The zero-order chi connectivity index (χ0) is 18.8. The van der Waals surface area contributed by atoms with Crippen molar-refractivity contribution in [3.05, 3.63) is 52.1 Å². The summed E-state index contributed by atoms with van der Waals surface area (Å²) in [5.41, 5.74) is 3.37. The van der Waals surface area contributed by atoms with E-state index in [2.05, 4.69) is 44.8 Å². The van der Waals surface area contributed by atoms with Crippen molar-refractivity contribution in [1.29, 1.82) is 0 Å². The SMILES string of the molecule is CCC(C)c1cn[nH]c1C.CCCC(CCC)c1ccc(Cl)cc1F. The number of nitrogens with zero attached hydrogens (tertiary/aromatic N) is 1. The summed E-state index contributed by atoms with van der Waals surface area (Å²) in [6.07, 6.45) is 7.38. The van der Waals surface area contributed by atoms with Gasteiger partial charge in [-0.15, -0.1) is 0 Å². The molecule has 2 rings (SSSR count). The maximum absolute atomic E-state index is 13.7. The Bertz CT molecular complexity index is 618. The third-order valence-corrected chi connectivity index (χ3v) is 4.92. The summed E-state index contributed by atoms with van der Waals surface area (Å²) in [4.78, 5) is 0. The molecule has 2 nitrogen and oxygen atoms in total. The van der Waals surface area contributed by atoms with Gasteiger partial charge in [0.2, 0.25) is 0 Å². The monoisotopic (exact) mass is 366 g/mol. The van der Waals surface area contributed by atoms with E-state index in [9.17, 15) is 4.39 Å². The van der Waals surface area contributed by atoms with Crippen molar-refractivity contribution in [2.24, 2.45) is 0 Å². The molecular weight excluding hydrogens is 335 g/mol. The Balaban J connectivity index is 0.000000271. The van der Waals surface area contributed by atoms with Crippen molar-refractivity contribution in [3.63, 3.8) is 0 Å². The molecule has 1 aromatic carbocycles. The van der Waals surface area contributed by atoms with E-state index in [1.54, 1.807) is 6.07 Å². The van der Waals surface area contributed by atoms with Gasteiger partial charge in [-0.05, 0) is 61.3 Å². The Hall–Kier alpha value is -1.35. The molecule has 1 N–H and O–H groups in total. The smallest absolute Gasteiger partial charge is 0.128 e. The van der Waals surface area contributed by atoms with Gasteiger partial charge in [0.15, 0.2) is 0 Å². The van der Waals surface area contributed by atoms with E-state index in [4.69, 9.17) is 11.6 Å². The topological polar surface area (TPSA) is 28.7 Å². The van der Waals surface area contributed by atoms with Gasteiger partial charge in [0.25, 0.3) is 0 Å². The highest BCUT2D eigenvalue weighted by atomic mass is 35.5. The predicted molar refractivity (Wildman–Crippen MR) is 106 cm³/mol. The molecule has 0 aliphatic carbocycles. The average molecular weight is 367 g/mol. The zero-order valence-electron chi connectivity index (χ0n) is 16.2. The highest BCUT2D eigenvalue weighted by molar-refractivity contribution is 6.30. The van der Waals surface area contributed by atoms with Gasteiger partial charge in [0.1, 0.15) is 5.82 Å². The van der Waals surface area contributed by atoms with Crippen molar-refractivity contribution in [1.82, 2.24) is 10.2 Å². The number of H-pyrrole nitrogens is 1. The molecule has 0 radical (unpaired) electrons. The van der Waals surface area contributed by atoms with Crippen LogP contribution in [0.5, 0.6) is 0 Å². The fraction of sp³-hybridized carbons (Fsp3) is 0.571. The van der Waals surface area contributed by atoms with Crippen LogP contribution in [-0.2, 0) is 0 Å². The van der Waals surface area contributed by atoms with Gasteiger partial charge < -0.3 is 0 Å². The first-order valence-electron chi connectivity index (χ1n) is 9.39. The van der Waals surface area contributed by atoms with Crippen molar-refractivity contribution in [3.8, 4) is 0 Å². The second kappa shape index (κ2) is 11.3. The highest BCUT2D eigenvalue weighted by Crippen LogP contribution is 2.29. The van der Waals surface area contributed by atoms with Crippen LogP contribution in [0.25, 0.3) is 0 Å². The molecule has 1 heterocycles. The van der Waals surface area contributed by atoms with Crippen LogP contribution in [0, 0.1) is 12.7 Å². The molecule has 2 aromatic rings. The number of halogens is 2. The van der Waals surface area contributed by atoms with Gasteiger partial charge in [0.05, 0.1) is 6.20 Å². The molecule has 0 amide bonds. The Labute approximate surface area is 157 Å². The molecule has 0 spiro atoms. The Morgan fingerprint density at radius 2 is 1.76 bits per heavy atom. The van der Waals surface area contributed by atoms with Crippen molar-refractivity contribution >= 4 is 11.6 Å². The van der Waals surface area contributed by atoms with Crippen LogP contribution in [0.3, 0.4) is 0 Å². The van der Waals surface area contributed by atoms with Crippen molar-refractivity contribution in [2.45, 2.75) is 78.6 Å². The molecule has 0 fully saturated rings. The number of aryl methyl sites for hydroxylation is 1. The van der Waals surface area contributed by atoms with Crippen LogP contribution < -0.4 is 0 Å². The first-order chi connectivity index (χ1) is 11.9. The molecule has 1 aromatic heterocycles. The minimum Gasteiger partial charge on any atom is -0.283 e. The predicted octanol–water partition coefficient (Wildman–Crippen LogP) is 7.39. The van der Waals surface area contributed by atoms with E-state index in [1.807, 2.05) is 12.3 Å². The molecule has 0 aliphatic rings. The van der Waals surface area contributed by atoms with Crippen LogP contribution in [0.4, 0.5) is 4.39 Å². The Kier molecular flexibility index (Phi) is 9.81. The quantitative estimate of drug-likeness (QED) is 0.543. The van der Waals surface area contributed by atoms with Crippen molar-refractivity contribution in [2.75, 3.05) is 0 Å². The summed E-state index contributed by atoms with van der Waals surface area (Å²) in [5.74, 6) is 0.824. The molecule has 25 heavy (non-hydrogen) atoms. The number of benzene rings is 1. The molecule has 0 bridgehead atoms. The fourth-order valence-electron chi connectivity index (χ4n) is 3.06. The molecule has 1 unspecified atom stereocenters. The first kappa shape index (κ1) is 21.7. The number of hydrogen-bond donors (Lipinski definition) is 1. The molecule has 140 valence electrons. The lowest BCUT2D eigenvalue weighted by Crippen LogP contribution is -2.01. The van der Waals surface area contributed by atoms with E-state index < -0.39 is 0 Å². The summed E-state index contributed by atoms with van der Waals surface area (Å²) in [5, 5.41) is 7.37. The van der Waals surface area contributed by atoms with Crippen LogP contribution in [0.2, 0.25) is 5.02 Å². The van der Waals surface area contributed by atoms with E-state index >= 15 is 0 Å². The fourth-order valence-corrected chi connectivity index (χ4v) is 3.22. The zero-order valence-corrected chi connectivity index (χ0v) is 17.0. The van der Waals surface area contributed by atoms with Crippen LogP contribution in [-0.4, -0.2) is 10.2 Å². The van der Waals surface area contributed by atoms with Crippen LogP contribution in [0.1, 0.15) is 88.5 Å². The van der Waals surface area contributed by atoms with Crippen LogP contribution >= 0.6 is 11.6 Å². The van der Waals surface area contributed by atoms with Crippen molar-refractivity contribution < 1.29 is 4.39 Å². The lowest BCUT2D eigenvalue weighted by atomic mass is 9.90. The van der Waals surface area contributed by atoms with E-state index in [1.165, 1.54) is 23.7 Å². The number of aromatic nitrogens is 2. The number of aromatic amines is 1. The molecule has 1 atom stereocenters. The molecular formula is C21H32ClFN2. The second-order valence-electron chi connectivity index (χ2n) is 6.70. The normalized spacial score (nSPS) is 12.0. The number of hydrogen-bond acceptors (Lipinski definition) is 1. The standard InChI is InChI=1S/C13H18ClF.C8H14N2/c1-3-5-10(6-4-2)12-8-7-11(14)9-13(12)15;1-4-6(2)8-5-9-10-7(8)3/h7-10H,3-6H2,1-2H3;5-6H,4H2,1-3H3,(H,9,10). The highest BCUT2D eigenvalue weighted by Gasteiger charge is 2.14. The van der Waals surface area contributed by atoms with Gasteiger partial charge >= 0.3 is 0 Å².